The molecule has 2 rings (SSSR count). The average molecular weight is 319 g/mol. The van der Waals surface area contributed by atoms with Gasteiger partial charge in [0.25, 0.3) is 0 Å². The molecule has 0 aromatic carbocycles. The van der Waals surface area contributed by atoms with E-state index in [1.165, 1.54) is 12.8 Å². The van der Waals surface area contributed by atoms with Crippen LogP contribution in [-0.2, 0) is 0 Å². The Morgan fingerprint density at radius 3 is 3.12 bits per heavy atom. The quantitative estimate of drug-likeness (QED) is 0.898. The predicted octanol–water partition coefficient (Wildman–Crippen LogP) is 3.30. The lowest BCUT2D eigenvalue weighted by molar-refractivity contribution is 0.346. The number of nitrogens with zero attached hydrogens (tertiary/aromatic N) is 1. The van der Waals surface area contributed by atoms with Gasteiger partial charge in [-0.1, -0.05) is 11.6 Å². The fourth-order valence-electron chi connectivity index (χ4n) is 2.16. The number of rotatable bonds is 3. The summed E-state index contributed by atoms with van der Waals surface area (Å²) in [4.78, 5) is 4.30. The normalized spacial score (nSPS) is 22.2. The second-order valence-electron chi connectivity index (χ2n) is 4.52. The molecule has 17 heavy (non-hydrogen) atoms. The molecule has 0 aliphatic carbocycles. The van der Waals surface area contributed by atoms with E-state index in [0.717, 1.165) is 23.4 Å². The van der Waals surface area contributed by atoms with E-state index in [-0.39, 0.29) is 0 Å². The Morgan fingerprint density at radius 2 is 2.47 bits per heavy atom. The summed E-state index contributed by atoms with van der Waals surface area (Å²) in [6, 6.07) is 2.27. The molecule has 1 fully saturated rings. The van der Waals surface area contributed by atoms with Gasteiger partial charge >= 0.3 is 0 Å². The molecule has 1 aliphatic rings. The van der Waals surface area contributed by atoms with E-state index in [1.54, 1.807) is 6.20 Å². The molecule has 2 unspecified atom stereocenters. The van der Waals surface area contributed by atoms with E-state index in [0.29, 0.717) is 17.0 Å². The predicted molar refractivity (Wildman–Crippen MR) is 75.6 cm³/mol. The Bertz CT molecular complexity index is 380. The van der Waals surface area contributed by atoms with Crippen LogP contribution >= 0.6 is 27.5 Å². The van der Waals surface area contributed by atoms with Crippen molar-refractivity contribution in [3.63, 3.8) is 0 Å². The van der Waals surface area contributed by atoms with Crippen LogP contribution in [0, 0.1) is 5.92 Å². The van der Waals surface area contributed by atoms with Gasteiger partial charge in [-0.2, -0.15) is 0 Å². The topological polar surface area (TPSA) is 37.0 Å². The van der Waals surface area contributed by atoms with Gasteiger partial charge in [0, 0.05) is 12.2 Å². The largest absolute Gasteiger partial charge is 0.366 e. The summed E-state index contributed by atoms with van der Waals surface area (Å²) >= 11 is 9.35. The summed E-state index contributed by atoms with van der Waals surface area (Å²) in [5.74, 6) is 1.53. The second kappa shape index (κ2) is 6.03. The first-order valence-corrected chi connectivity index (χ1v) is 7.12. The number of pyridine rings is 1. The summed E-state index contributed by atoms with van der Waals surface area (Å²) < 4.78 is 0.917. The highest BCUT2D eigenvalue weighted by Gasteiger charge is 2.20. The van der Waals surface area contributed by atoms with Crippen molar-refractivity contribution in [2.75, 3.05) is 18.4 Å². The Hall–Kier alpha value is -0.320. The SMILES string of the molecule is CC(Nc1ncc(Cl)cc1Br)C1CCCNC1. The van der Waals surface area contributed by atoms with Crippen molar-refractivity contribution in [1.29, 1.82) is 0 Å². The van der Waals surface area contributed by atoms with Gasteiger partial charge in [0.05, 0.1) is 9.50 Å². The minimum absolute atomic E-state index is 0.410. The first-order valence-electron chi connectivity index (χ1n) is 5.95. The van der Waals surface area contributed by atoms with Crippen molar-refractivity contribution in [3.8, 4) is 0 Å². The van der Waals surface area contributed by atoms with Crippen molar-refractivity contribution in [3.05, 3.63) is 21.8 Å². The third kappa shape index (κ3) is 3.57. The number of anilines is 1. The Balaban J connectivity index is 1.99. The van der Waals surface area contributed by atoms with E-state index >= 15 is 0 Å². The molecule has 2 N–H and O–H groups in total. The molecular weight excluding hydrogens is 302 g/mol. The fraction of sp³-hybridized carbons (Fsp3) is 0.583. The van der Waals surface area contributed by atoms with Gasteiger partial charge in [0.1, 0.15) is 5.82 Å². The van der Waals surface area contributed by atoms with E-state index in [9.17, 15) is 0 Å². The highest BCUT2D eigenvalue weighted by molar-refractivity contribution is 9.10. The molecule has 0 saturated carbocycles. The minimum Gasteiger partial charge on any atom is -0.366 e. The van der Waals surface area contributed by atoms with E-state index in [4.69, 9.17) is 11.6 Å². The molecule has 3 nitrogen and oxygen atoms in total. The van der Waals surface area contributed by atoms with Crippen molar-refractivity contribution < 1.29 is 0 Å². The number of piperidine rings is 1. The van der Waals surface area contributed by atoms with E-state index in [1.807, 2.05) is 6.07 Å². The molecule has 2 atom stereocenters. The van der Waals surface area contributed by atoms with Gasteiger partial charge in [-0.05, 0) is 60.8 Å². The number of hydrogen-bond acceptors (Lipinski definition) is 3. The zero-order valence-corrected chi connectivity index (χ0v) is 12.2. The van der Waals surface area contributed by atoms with Crippen LogP contribution in [0.2, 0.25) is 5.02 Å². The standard InChI is InChI=1S/C12H17BrClN3/c1-8(9-3-2-4-15-6-9)17-12-11(13)5-10(14)7-16-12/h5,7-9,15H,2-4,6H2,1H3,(H,16,17). The third-order valence-electron chi connectivity index (χ3n) is 3.21. The molecule has 1 saturated heterocycles. The zero-order chi connectivity index (χ0) is 12.3. The highest BCUT2D eigenvalue weighted by atomic mass is 79.9. The Kier molecular flexibility index (Phi) is 4.65. The van der Waals surface area contributed by atoms with Gasteiger partial charge in [-0.3, -0.25) is 0 Å². The van der Waals surface area contributed by atoms with Crippen LogP contribution in [0.4, 0.5) is 5.82 Å². The molecule has 0 amide bonds. The fourth-order valence-corrected chi connectivity index (χ4v) is 2.91. The first kappa shape index (κ1) is 13.1. The van der Waals surface area contributed by atoms with Crippen LogP contribution < -0.4 is 10.6 Å². The number of nitrogens with one attached hydrogen (secondary N) is 2. The second-order valence-corrected chi connectivity index (χ2v) is 5.81. The summed E-state index contributed by atoms with van der Waals surface area (Å²) in [6.45, 7) is 4.44. The number of halogens is 2. The minimum atomic E-state index is 0.410. The van der Waals surface area contributed by atoms with Crippen molar-refractivity contribution >= 4 is 33.3 Å². The van der Waals surface area contributed by atoms with Gasteiger partial charge in [0.2, 0.25) is 0 Å². The Morgan fingerprint density at radius 1 is 1.65 bits per heavy atom. The molecule has 2 heterocycles. The molecular formula is C12H17BrClN3. The lowest BCUT2D eigenvalue weighted by atomic mass is 9.93. The van der Waals surface area contributed by atoms with Crippen molar-refractivity contribution in [1.82, 2.24) is 10.3 Å². The molecule has 1 aromatic heterocycles. The summed E-state index contributed by atoms with van der Waals surface area (Å²) in [6.07, 6.45) is 4.19. The van der Waals surface area contributed by atoms with Gasteiger partial charge in [-0.25, -0.2) is 4.98 Å². The van der Waals surface area contributed by atoms with Crippen molar-refractivity contribution in [2.45, 2.75) is 25.8 Å². The Labute approximate surface area is 115 Å². The van der Waals surface area contributed by atoms with E-state index in [2.05, 4.69) is 38.5 Å². The molecule has 94 valence electrons. The summed E-state index contributed by atoms with van der Waals surface area (Å²) in [5, 5.41) is 7.53. The van der Waals surface area contributed by atoms with Gasteiger partial charge < -0.3 is 10.6 Å². The molecule has 1 aliphatic heterocycles. The molecule has 0 radical (unpaired) electrons. The number of hydrogen-bond donors (Lipinski definition) is 2. The van der Waals surface area contributed by atoms with Crippen LogP contribution in [0.25, 0.3) is 0 Å². The monoisotopic (exact) mass is 317 g/mol. The van der Waals surface area contributed by atoms with Crippen LogP contribution in [0.15, 0.2) is 16.7 Å². The first-order chi connectivity index (χ1) is 8.16. The lowest BCUT2D eigenvalue weighted by Crippen LogP contribution is -2.39. The van der Waals surface area contributed by atoms with Crippen LogP contribution in [0.3, 0.4) is 0 Å². The molecule has 5 heteroatoms. The highest BCUT2D eigenvalue weighted by Crippen LogP contribution is 2.25. The maximum atomic E-state index is 5.87. The van der Waals surface area contributed by atoms with Crippen LogP contribution in [0.1, 0.15) is 19.8 Å². The molecule has 0 bridgehead atoms. The van der Waals surface area contributed by atoms with Crippen molar-refractivity contribution in [2.24, 2.45) is 5.92 Å². The lowest BCUT2D eigenvalue weighted by Gasteiger charge is -2.29. The van der Waals surface area contributed by atoms with Gasteiger partial charge in [-0.15, -0.1) is 0 Å². The maximum absolute atomic E-state index is 5.87. The smallest absolute Gasteiger partial charge is 0.140 e. The number of aromatic nitrogens is 1. The molecule has 0 spiro atoms. The third-order valence-corrected chi connectivity index (χ3v) is 4.03. The molecule has 1 aromatic rings. The van der Waals surface area contributed by atoms with E-state index < -0.39 is 0 Å². The summed E-state index contributed by atoms with van der Waals surface area (Å²) in [5.41, 5.74) is 0. The van der Waals surface area contributed by atoms with Crippen LogP contribution in [0.5, 0.6) is 0 Å². The maximum Gasteiger partial charge on any atom is 0.140 e. The van der Waals surface area contributed by atoms with Gasteiger partial charge in [0.15, 0.2) is 0 Å². The summed E-state index contributed by atoms with van der Waals surface area (Å²) in [7, 11) is 0. The zero-order valence-electron chi connectivity index (χ0n) is 9.84. The van der Waals surface area contributed by atoms with Crippen LogP contribution in [-0.4, -0.2) is 24.1 Å². The average Bonchev–Trinajstić information content (AvgIpc) is 2.34.